The number of benzene rings is 2. The zero-order chi connectivity index (χ0) is 17.9. The third-order valence-electron chi connectivity index (χ3n) is 3.16. The Kier molecular flexibility index (Phi) is 4.71. The fraction of sp³-hybridized carbons (Fsp3) is 0.0625. The van der Waals surface area contributed by atoms with Crippen molar-refractivity contribution in [1.82, 2.24) is 15.2 Å². The first-order chi connectivity index (χ1) is 11.9. The molecule has 0 amide bonds. The van der Waals surface area contributed by atoms with Crippen LogP contribution in [0.1, 0.15) is 5.56 Å². The SMILES string of the molecule is FC(F)(F)c1ccc(Nc2nncc(Nc3ccccc3Cl)n2)cc1. The van der Waals surface area contributed by atoms with Gasteiger partial charge in [0.1, 0.15) is 0 Å². The number of hydrogen-bond acceptors (Lipinski definition) is 5. The maximum absolute atomic E-state index is 12.6. The van der Waals surface area contributed by atoms with Crippen molar-refractivity contribution in [3.8, 4) is 0 Å². The van der Waals surface area contributed by atoms with Gasteiger partial charge in [-0.15, -0.1) is 5.10 Å². The van der Waals surface area contributed by atoms with Gasteiger partial charge in [-0.3, -0.25) is 0 Å². The monoisotopic (exact) mass is 365 g/mol. The molecule has 2 N–H and O–H groups in total. The lowest BCUT2D eigenvalue weighted by Crippen LogP contribution is -2.05. The molecule has 25 heavy (non-hydrogen) atoms. The summed E-state index contributed by atoms with van der Waals surface area (Å²) in [5.74, 6) is 0.523. The number of nitrogens with one attached hydrogen (secondary N) is 2. The molecule has 0 unspecified atom stereocenters. The van der Waals surface area contributed by atoms with Crippen molar-refractivity contribution >= 4 is 34.7 Å². The van der Waals surface area contributed by atoms with Crippen LogP contribution in [0.5, 0.6) is 0 Å². The van der Waals surface area contributed by atoms with Crippen molar-refractivity contribution in [2.24, 2.45) is 0 Å². The van der Waals surface area contributed by atoms with Gasteiger partial charge >= 0.3 is 6.18 Å². The summed E-state index contributed by atoms with van der Waals surface area (Å²) < 4.78 is 37.7. The Bertz CT molecular complexity index is 868. The van der Waals surface area contributed by atoms with Crippen molar-refractivity contribution in [1.29, 1.82) is 0 Å². The van der Waals surface area contributed by atoms with Crippen LogP contribution >= 0.6 is 11.6 Å². The molecule has 0 atom stereocenters. The summed E-state index contributed by atoms with van der Waals surface area (Å²) in [4.78, 5) is 4.20. The molecule has 128 valence electrons. The Morgan fingerprint density at radius 3 is 2.32 bits per heavy atom. The van der Waals surface area contributed by atoms with Gasteiger partial charge in [0.25, 0.3) is 0 Å². The Morgan fingerprint density at radius 1 is 0.920 bits per heavy atom. The molecular formula is C16H11ClF3N5. The molecule has 0 aliphatic carbocycles. The topological polar surface area (TPSA) is 62.7 Å². The number of anilines is 4. The fourth-order valence-corrected chi connectivity index (χ4v) is 2.17. The molecule has 3 rings (SSSR count). The lowest BCUT2D eigenvalue weighted by molar-refractivity contribution is -0.137. The highest BCUT2D eigenvalue weighted by atomic mass is 35.5. The number of para-hydroxylation sites is 1. The van der Waals surface area contributed by atoms with Crippen molar-refractivity contribution in [2.45, 2.75) is 6.18 Å². The van der Waals surface area contributed by atoms with Gasteiger partial charge < -0.3 is 10.6 Å². The lowest BCUT2D eigenvalue weighted by atomic mass is 10.2. The van der Waals surface area contributed by atoms with E-state index in [-0.39, 0.29) is 5.95 Å². The first-order valence-electron chi connectivity index (χ1n) is 7.07. The molecular weight excluding hydrogens is 355 g/mol. The second-order valence-corrected chi connectivity index (χ2v) is 5.38. The van der Waals surface area contributed by atoms with E-state index in [4.69, 9.17) is 11.6 Å². The summed E-state index contributed by atoms with van der Waals surface area (Å²) in [6.45, 7) is 0. The van der Waals surface area contributed by atoms with Crippen LogP contribution in [0.25, 0.3) is 0 Å². The van der Waals surface area contributed by atoms with E-state index in [0.717, 1.165) is 12.1 Å². The first kappa shape index (κ1) is 17.0. The number of alkyl halides is 3. The van der Waals surface area contributed by atoms with Crippen LogP contribution in [0.4, 0.5) is 36.3 Å². The fourth-order valence-electron chi connectivity index (χ4n) is 1.99. The van der Waals surface area contributed by atoms with E-state index in [0.29, 0.717) is 22.2 Å². The second kappa shape index (κ2) is 6.94. The standard InChI is InChI=1S/C16H11ClF3N5/c17-12-3-1-2-4-13(12)23-14-9-21-25-15(24-14)22-11-7-5-10(6-8-11)16(18,19)20/h1-9H,(H2,22,23,24,25). The average molecular weight is 366 g/mol. The third-order valence-corrected chi connectivity index (χ3v) is 3.49. The van der Waals surface area contributed by atoms with Gasteiger partial charge in [-0.05, 0) is 36.4 Å². The molecule has 0 saturated heterocycles. The summed E-state index contributed by atoms with van der Waals surface area (Å²) in [6, 6.07) is 11.6. The second-order valence-electron chi connectivity index (χ2n) is 4.97. The maximum Gasteiger partial charge on any atom is 0.416 e. The van der Waals surface area contributed by atoms with Crippen LogP contribution in [0, 0.1) is 0 Å². The molecule has 2 aromatic carbocycles. The molecule has 0 aliphatic heterocycles. The molecule has 0 radical (unpaired) electrons. The van der Waals surface area contributed by atoms with Crippen LogP contribution in [-0.4, -0.2) is 15.2 Å². The predicted octanol–water partition coefficient (Wildman–Crippen LogP) is 5.03. The van der Waals surface area contributed by atoms with E-state index in [9.17, 15) is 13.2 Å². The molecule has 0 aliphatic rings. The Labute approximate surface area is 145 Å². The van der Waals surface area contributed by atoms with E-state index < -0.39 is 11.7 Å². The van der Waals surface area contributed by atoms with E-state index in [1.165, 1.54) is 18.3 Å². The number of nitrogens with zero attached hydrogens (tertiary/aromatic N) is 3. The highest BCUT2D eigenvalue weighted by molar-refractivity contribution is 6.33. The molecule has 0 spiro atoms. The van der Waals surface area contributed by atoms with Crippen LogP contribution in [-0.2, 0) is 6.18 Å². The Hall–Kier alpha value is -2.87. The molecule has 1 aromatic heterocycles. The van der Waals surface area contributed by atoms with Crippen LogP contribution < -0.4 is 10.6 Å². The minimum Gasteiger partial charge on any atom is -0.338 e. The van der Waals surface area contributed by atoms with Crippen LogP contribution in [0.2, 0.25) is 5.02 Å². The van der Waals surface area contributed by atoms with Crippen molar-refractivity contribution in [3.05, 3.63) is 65.3 Å². The summed E-state index contributed by atoms with van der Waals surface area (Å²) in [6.07, 6.45) is -2.98. The van der Waals surface area contributed by atoms with Crippen molar-refractivity contribution in [3.63, 3.8) is 0 Å². The molecule has 0 bridgehead atoms. The quantitative estimate of drug-likeness (QED) is 0.679. The van der Waals surface area contributed by atoms with Crippen molar-refractivity contribution < 1.29 is 13.2 Å². The smallest absolute Gasteiger partial charge is 0.338 e. The van der Waals surface area contributed by atoms with Gasteiger partial charge in [0.15, 0.2) is 5.82 Å². The minimum absolute atomic E-state index is 0.136. The van der Waals surface area contributed by atoms with Crippen LogP contribution in [0.15, 0.2) is 54.7 Å². The van der Waals surface area contributed by atoms with Gasteiger partial charge in [0, 0.05) is 5.69 Å². The molecule has 9 heteroatoms. The minimum atomic E-state index is -4.38. The highest BCUT2D eigenvalue weighted by Gasteiger charge is 2.29. The third kappa shape index (κ3) is 4.36. The zero-order valence-electron chi connectivity index (χ0n) is 12.5. The van der Waals surface area contributed by atoms with E-state index in [1.807, 2.05) is 6.07 Å². The number of halogens is 4. The van der Waals surface area contributed by atoms with Gasteiger partial charge in [0.2, 0.25) is 5.95 Å². The van der Waals surface area contributed by atoms with Gasteiger partial charge in [0.05, 0.1) is 22.5 Å². The molecule has 1 heterocycles. The summed E-state index contributed by atoms with van der Waals surface area (Å²) in [5.41, 5.74) is 0.320. The largest absolute Gasteiger partial charge is 0.416 e. The Morgan fingerprint density at radius 2 is 1.64 bits per heavy atom. The average Bonchev–Trinajstić information content (AvgIpc) is 2.57. The zero-order valence-corrected chi connectivity index (χ0v) is 13.3. The van der Waals surface area contributed by atoms with Gasteiger partial charge in [-0.2, -0.15) is 23.3 Å². The number of hydrogen-bond donors (Lipinski definition) is 2. The highest BCUT2D eigenvalue weighted by Crippen LogP contribution is 2.30. The maximum atomic E-state index is 12.6. The normalized spacial score (nSPS) is 11.2. The molecule has 5 nitrogen and oxygen atoms in total. The van der Waals surface area contributed by atoms with Gasteiger partial charge in [-0.1, -0.05) is 23.7 Å². The van der Waals surface area contributed by atoms with Crippen molar-refractivity contribution in [2.75, 3.05) is 10.6 Å². The summed E-state index contributed by atoms with van der Waals surface area (Å²) in [7, 11) is 0. The number of rotatable bonds is 4. The Balaban J connectivity index is 1.75. The predicted molar refractivity (Wildman–Crippen MR) is 89.3 cm³/mol. The van der Waals surface area contributed by atoms with E-state index in [2.05, 4.69) is 25.8 Å². The molecule has 3 aromatic rings. The molecule has 0 fully saturated rings. The first-order valence-corrected chi connectivity index (χ1v) is 7.45. The van der Waals surface area contributed by atoms with Crippen LogP contribution in [0.3, 0.4) is 0 Å². The van der Waals surface area contributed by atoms with E-state index in [1.54, 1.807) is 18.2 Å². The van der Waals surface area contributed by atoms with E-state index >= 15 is 0 Å². The lowest BCUT2D eigenvalue weighted by Gasteiger charge is -2.10. The van der Waals surface area contributed by atoms with Gasteiger partial charge in [-0.25, -0.2) is 0 Å². The molecule has 0 saturated carbocycles. The number of aromatic nitrogens is 3. The summed E-state index contributed by atoms with van der Waals surface area (Å²) in [5, 5.41) is 13.9. The summed E-state index contributed by atoms with van der Waals surface area (Å²) >= 11 is 6.06.